The zero-order chi connectivity index (χ0) is 32.9. The fraction of sp³-hybridized carbons (Fsp3) is 0.625. The van der Waals surface area contributed by atoms with Gasteiger partial charge in [0.25, 0.3) is 0 Å². The van der Waals surface area contributed by atoms with Crippen LogP contribution < -0.4 is 0 Å². The van der Waals surface area contributed by atoms with Gasteiger partial charge in [-0.15, -0.1) is 0 Å². The van der Waals surface area contributed by atoms with Gasteiger partial charge in [-0.05, 0) is 45.7 Å². The topological polar surface area (TPSA) is 181 Å². The molecule has 1 saturated heterocycles. The number of furan rings is 2. The molecule has 0 amide bonds. The molecular formula is C32H40O13. The minimum Gasteiger partial charge on any atom is -0.472 e. The minimum atomic E-state index is -2.05. The smallest absolute Gasteiger partial charge is 0.341 e. The SMILES string of the molecule is CC[C@@H](C)C(=O)O[C@@H]1[C@@H](OC(=O)c2ccoc2)C[C@](C)(O)[C@@]23OC(C)(C)[C@H](C[C@@H](OC(=O)c4ccoc4)[C@]12COC(C)=O)[C@@H]3O. The van der Waals surface area contributed by atoms with Gasteiger partial charge in [0.15, 0.2) is 6.10 Å². The van der Waals surface area contributed by atoms with Gasteiger partial charge in [0.05, 0.1) is 46.9 Å². The molecule has 2 aromatic heterocycles. The Balaban J connectivity index is 1.75. The fourth-order valence-electron chi connectivity index (χ4n) is 7.50. The summed E-state index contributed by atoms with van der Waals surface area (Å²) >= 11 is 0. The standard InChI is InChI=1S/C32H40O13/c1-7-17(2)26(35)44-25-22(42-27(36)19-8-10-39-14-19)13-30(6,38)32-24(34)21(29(4,5)45-32)12-23(31(25,32)16-41-18(3)33)43-28(37)20-9-11-40-15-20/h8-11,14-15,17,21-25,34,38H,7,12-13,16H2,1-6H3/t17-,21-,22+,23-,24+,25-,30+,31-,32-/m1/s1. The van der Waals surface area contributed by atoms with Crippen molar-refractivity contribution < 1.29 is 61.9 Å². The van der Waals surface area contributed by atoms with Crippen LogP contribution in [0.25, 0.3) is 0 Å². The first kappa shape index (κ1) is 32.7. The van der Waals surface area contributed by atoms with E-state index in [9.17, 15) is 29.4 Å². The first-order chi connectivity index (χ1) is 21.1. The molecule has 9 atom stereocenters. The molecule has 2 aromatic rings. The van der Waals surface area contributed by atoms with E-state index in [1.807, 2.05) is 0 Å². The summed E-state index contributed by atoms with van der Waals surface area (Å²) in [4.78, 5) is 52.8. The van der Waals surface area contributed by atoms with Gasteiger partial charge in [-0.2, -0.15) is 0 Å². The Morgan fingerprint density at radius 2 is 1.60 bits per heavy atom. The monoisotopic (exact) mass is 632 g/mol. The summed E-state index contributed by atoms with van der Waals surface area (Å²) in [5, 5.41) is 24.5. The molecule has 3 heterocycles. The molecule has 13 heteroatoms. The predicted octanol–water partition coefficient (Wildman–Crippen LogP) is 3.21. The van der Waals surface area contributed by atoms with Crippen LogP contribution in [0.5, 0.6) is 0 Å². The number of rotatable bonds is 9. The van der Waals surface area contributed by atoms with Crippen molar-refractivity contribution >= 4 is 23.9 Å². The summed E-state index contributed by atoms with van der Waals surface area (Å²) < 4.78 is 40.7. The summed E-state index contributed by atoms with van der Waals surface area (Å²) in [5.41, 5.74) is -7.05. The maximum atomic E-state index is 13.6. The first-order valence-electron chi connectivity index (χ1n) is 15.0. The lowest BCUT2D eigenvalue weighted by atomic mass is 9.46. The van der Waals surface area contributed by atoms with E-state index in [4.69, 9.17) is 32.5 Å². The molecule has 2 bridgehead atoms. The van der Waals surface area contributed by atoms with E-state index in [1.54, 1.807) is 27.7 Å². The largest absolute Gasteiger partial charge is 0.472 e. The highest BCUT2D eigenvalue weighted by Crippen LogP contribution is 2.68. The molecule has 1 spiro atoms. The maximum absolute atomic E-state index is 13.6. The lowest BCUT2D eigenvalue weighted by molar-refractivity contribution is -0.354. The Bertz CT molecular complexity index is 1410. The molecule has 13 nitrogen and oxygen atoms in total. The van der Waals surface area contributed by atoms with E-state index in [-0.39, 0.29) is 24.0 Å². The molecule has 246 valence electrons. The van der Waals surface area contributed by atoms with Crippen LogP contribution in [0.1, 0.15) is 81.5 Å². The maximum Gasteiger partial charge on any atom is 0.341 e. The third-order valence-corrected chi connectivity index (χ3v) is 9.89. The second kappa shape index (κ2) is 11.6. The molecule has 1 aliphatic heterocycles. The third-order valence-electron chi connectivity index (χ3n) is 9.89. The highest BCUT2D eigenvalue weighted by atomic mass is 16.6. The van der Waals surface area contributed by atoms with Crippen LogP contribution in [0.3, 0.4) is 0 Å². The van der Waals surface area contributed by atoms with E-state index in [2.05, 4.69) is 0 Å². The van der Waals surface area contributed by atoms with E-state index >= 15 is 0 Å². The number of hydrogen-bond acceptors (Lipinski definition) is 13. The number of aliphatic hydroxyl groups excluding tert-OH is 1. The van der Waals surface area contributed by atoms with Crippen molar-refractivity contribution in [2.45, 2.75) is 102 Å². The number of esters is 4. The van der Waals surface area contributed by atoms with Crippen LogP contribution >= 0.6 is 0 Å². The van der Waals surface area contributed by atoms with Crippen LogP contribution in [0.4, 0.5) is 0 Å². The summed E-state index contributed by atoms with van der Waals surface area (Å²) in [5.74, 6) is -4.39. The fourth-order valence-corrected chi connectivity index (χ4v) is 7.50. The zero-order valence-electron chi connectivity index (χ0n) is 26.1. The van der Waals surface area contributed by atoms with E-state index in [0.717, 1.165) is 6.92 Å². The van der Waals surface area contributed by atoms with Gasteiger partial charge in [-0.3, -0.25) is 9.59 Å². The van der Waals surface area contributed by atoms with Crippen molar-refractivity contribution in [2.75, 3.05) is 6.61 Å². The molecule has 3 fully saturated rings. The van der Waals surface area contributed by atoms with E-state index in [0.29, 0.717) is 6.42 Å². The Kier molecular flexibility index (Phi) is 8.43. The van der Waals surface area contributed by atoms with Crippen molar-refractivity contribution in [1.29, 1.82) is 0 Å². The normalized spacial score (nSPS) is 35.5. The highest BCUT2D eigenvalue weighted by molar-refractivity contribution is 5.89. The molecule has 5 rings (SSSR count). The van der Waals surface area contributed by atoms with Gasteiger partial charge < -0.3 is 42.7 Å². The van der Waals surface area contributed by atoms with Gasteiger partial charge in [0.1, 0.15) is 42.4 Å². The van der Waals surface area contributed by atoms with Crippen LogP contribution in [0, 0.1) is 17.3 Å². The Morgan fingerprint density at radius 3 is 2.13 bits per heavy atom. The molecule has 2 N–H and O–H groups in total. The van der Waals surface area contributed by atoms with Crippen molar-refractivity contribution in [1.82, 2.24) is 0 Å². The Morgan fingerprint density at radius 1 is 1.00 bits per heavy atom. The van der Waals surface area contributed by atoms with Gasteiger partial charge in [-0.1, -0.05) is 13.8 Å². The van der Waals surface area contributed by atoms with Crippen LogP contribution in [0.15, 0.2) is 46.0 Å². The molecule has 0 radical (unpaired) electrons. The summed E-state index contributed by atoms with van der Waals surface area (Å²) in [6.07, 6.45) is -0.715. The molecule has 45 heavy (non-hydrogen) atoms. The van der Waals surface area contributed by atoms with Gasteiger partial charge in [0.2, 0.25) is 0 Å². The Labute approximate surface area is 260 Å². The summed E-state index contributed by atoms with van der Waals surface area (Å²) in [6.45, 7) is 8.83. The molecule has 0 unspecified atom stereocenters. The third kappa shape index (κ3) is 5.14. The summed E-state index contributed by atoms with van der Waals surface area (Å²) in [6, 6.07) is 2.78. The minimum absolute atomic E-state index is 0.0450. The number of ether oxygens (including phenoxy) is 5. The van der Waals surface area contributed by atoms with Crippen molar-refractivity contribution in [3.63, 3.8) is 0 Å². The molecular weight excluding hydrogens is 592 g/mol. The molecule has 0 aromatic carbocycles. The van der Waals surface area contributed by atoms with Crippen molar-refractivity contribution in [3.8, 4) is 0 Å². The first-order valence-corrected chi connectivity index (χ1v) is 15.0. The van der Waals surface area contributed by atoms with Gasteiger partial charge in [0, 0.05) is 19.3 Å². The second-order valence-corrected chi connectivity index (χ2v) is 13.1. The van der Waals surface area contributed by atoms with E-state index in [1.165, 1.54) is 44.1 Å². The van der Waals surface area contributed by atoms with Crippen LogP contribution in [-0.2, 0) is 33.3 Å². The van der Waals surface area contributed by atoms with Gasteiger partial charge >= 0.3 is 23.9 Å². The average Bonchev–Trinajstić information content (AvgIpc) is 3.72. The second-order valence-electron chi connectivity index (χ2n) is 13.1. The number of carbonyl (C=O) groups is 4. The lowest BCUT2D eigenvalue weighted by Crippen LogP contribution is -2.83. The number of aliphatic hydroxyl groups is 2. The predicted molar refractivity (Wildman–Crippen MR) is 151 cm³/mol. The zero-order valence-corrected chi connectivity index (χ0v) is 26.1. The van der Waals surface area contributed by atoms with E-state index < -0.39 is 89.0 Å². The van der Waals surface area contributed by atoms with Crippen molar-refractivity contribution in [3.05, 3.63) is 48.3 Å². The average molecular weight is 633 g/mol. The Hall–Kier alpha value is -3.68. The number of fused-ring (bicyclic) bond motifs is 1. The lowest BCUT2D eigenvalue weighted by Gasteiger charge is -2.65. The highest BCUT2D eigenvalue weighted by Gasteiger charge is 2.85. The number of hydrogen-bond donors (Lipinski definition) is 2. The number of carbonyl (C=O) groups excluding carboxylic acids is 4. The van der Waals surface area contributed by atoms with Crippen LogP contribution in [0.2, 0.25) is 0 Å². The quantitative estimate of drug-likeness (QED) is 0.304. The molecule has 2 saturated carbocycles. The molecule has 3 aliphatic rings. The van der Waals surface area contributed by atoms with Gasteiger partial charge in [-0.25, -0.2) is 9.59 Å². The molecule has 2 aliphatic carbocycles. The van der Waals surface area contributed by atoms with Crippen molar-refractivity contribution in [2.24, 2.45) is 17.3 Å². The summed E-state index contributed by atoms with van der Waals surface area (Å²) in [7, 11) is 0. The van der Waals surface area contributed by atoms with Crippen LogP contribution in [-0.4, -0.2) is 81.9 Å².